The second-order valence-electron chi connectivity index (χ2n) is 4.58. The topological polar surface area (TPSA) is 75.7 Å². The zero-order valence-corrected chi connectivity index (χ0v) is 10.6. The van der Waals surface area contributed by atoms with Gasteiger partial charge in [-0.2, -0.15) is 0 Å². The van der Waals surface area contributed by atoms with Crippen molar-refractivity contribution in [3.8, 4) is 0 Å². The number of nitrogens with zero attached hydrogens (tertiary/aromatic N) is 1. The number of carboxylic acid groups (broad SMARTS) is 1. The molecule has 100 valence electrons. The minimum absolute atomic E-state index is 0.342. The summed E-state index contributed by atoms with van der Waals surface area (Å²) >= 11 is 0. The number of allylic oxidation sites excluding steroid dienone is 1. The molecule has 1 fully saturated rings. The van der Waals surface area contributed by atoms with E-state index in [4.69, 9.17) is 10.8 Å². The lowest BCUT2D eigenvalue weighted by Gasteiger charge is -2.08. The van der Waals surface area contributed by atoms with Crippen LogP contribution < -0.4 is 5.73 Å². The second-order valence-corrected chi connectivity index (χ2v) is 4.58. The van der Waals surface area contributed by atoms with Crippen molar-refractivity contribution in [2.75, 3.05) is 0 Å². The number of halogens is 1. The number of carboxylic acids is 1. The number of hydrogen-bond donors (Lipinski definition) is 2. The molecule has 0 heterocycles. The lowest BCUT2D eigenvalue weighted by molar-refractivity contribution is 0.0692. The summed E-state index contributed by atoms with van der Waals surface area (Å²) in [5, 5.41) is 8.94. The van der Waals surface area contributed by atoms with Gasteiger partial charge in [0.25, 0.3) is 0 Å². The van der Waals surface area contributed by atoms with E-state index in [2.05, 4.69) is 4.99 Å². The summed E-state index contributed by atoms with van der Waals surface area (Å²) in [6, 6.07) is 2.84. The van der Waals surface area contributed by atoms with Crippen LogP contribution in [0, 0.1) is 12.7 Å². The van der Waals surface area contributed by atoms with E-state index in [-0.39, 0.29) is 5.56 Å². The van der Waals surface area contributed by atoms with Crippen molar-refractivity contribution in [1.82, 2.24) is 0 Å². The van der Waals surface area contributed by atoms with Crippen molar-refractivity contribution in [1.29, 1.82) is 0 Å². The van der Waals surface area contributed by atoms with Crippen molar-refractivity contribution < 1.29 is 14.3 Å². The van der Waals surface area contributed by atoms with Crippen LogP contribution in [-0.2, 0) is 0 Å². The van der Waals surface area contributed by atoms with E-state index in [9.17, 15) is 9.18 Å². The van der Waals surface area contributed by atoms with Gasteiger partial charge in [0.2, 0.25) is 0 Å². The number of benzene rings is 1. The third kappa shape index (κ3) is 2.99. The van der Waals surface area contributed by atoms with E-state index in [1.54, 1.807) is 13.1 Å². The number of carbonyl (C=O) groups is 1. The van der Waals surface area contributed by atoms with Crippen LogP contribution in [0.25, 0.3) is 5.57 Å². The van der Waals surface area contributed by atoms with Gasteiger partial charge in [-0.15, -0.1) is 0 Å². The highest BCUT2D eigenvalue weighted by Gasteiger charge is 2.20. The molecule has 5 heteroatoms. The largest absolute Gasteiger partial charge is 0.478 e. The first-order valence-corrected chi connectivity index (χ1v) is 6.01. The Labute approximate surface area is 110 Å². The van der Waals surface area contributed by atoms with Gasteiger partial charge in [0.15, 0.2) is 0 Å². The maximum Gasteiger partial charge on any atom is 0.338 e. The van der Waals surface area contributed by atoms with E-state index < -0.39 is 11.8 Å². The van der Waals surface area contributed by atoms with Gasteiger partial charge in [-0.05, 0) is 43.0 Å². The van der Waals surface area contributed by atoms with Crippen LogP contribution in [0.2, 0.25) is 0 Å². The Morgan fingerprint density at radius 1 is 1.47 bits per heavy atom. The molecule has 3 N–H and O–H groups in total. The molecule has 19 heavy (non-hydrogen) atoms. The van der Waals surface area contributed by atoms with Crippen LogP contribution in [0.3, 0.4) is 0 Å². The highest BCUT2D eigenvalue weighted by Crippen LogP contribution is 2.25. The molecule has 4 nitrogen and oxygen atoms in total. The normalized spacial score (nSPS) is 16.0. The Morgan fingerprint density at radius 2 is 2.16 bits per heavy atom. The Kier molecular flexibility index (Phi) is 3.64. The highest BCUT2D eigenvalue weighted by molar-refractivity contribution is 6.10. The summed E-state index contributed by atoms with van der Waals surface area (Å²) in [5.74, 6) is -2.04. The van der Waals surface area contributed by atoms with Crippen LogP contribution >= 0.6 is 0 Å². The van der Waals surface area contributed by atoms with Crippen LogP contribution in [-0.4, -0.2) is 23.3 Å². The summed E-state index contributed by atoms with van der Waals surface area (Å²) in [6.45, 7) is 1.71. The number of aliphatic imine (C=N–C) groups is 1. The maximum absolute atomic E-state index is 13.5. The lowest BCUT2D eigenvalue weighted by atomic mass is 9.98. The van der Waals surface area contributed by atoms with E-state index in [0.29, 0.717) is 22.7 Å². The zero-order valence-electron chi connectivity index (χ0n) is 10.6. The van der Waals surface area contributed by atoms with E-state index in [1.807, 2.05) is 0 Å². The monoisotopic (exact) mass is 262 g/mol. The molecular formula is C14H15FN2O2. The third-order valence-electron chi connectivity index (χ3n) is 3.01. The van der Waals surface area contributed by atoms with E-state index in [1.165, 1.54) is 18.3 Å². The minimum Gasteiger partial charge on any atom is -0.478 e. The molecule has 1 saturated carbocycles. The Morgan fingerprint density at radius 3 is 2.68 bits per heavy atom. The molecule has 0 spiro atoms. The van der Waals surface area contributed by atoms with E-state index >= 15 is 0 Å². The molecule has 1 aromatic carbocycles. The average Bonchev–Trinajstić information content (AvgIpc) is 3.15. The van der Waals surface area contributed by atoms with E-state index in [0.717, 1.165) is 12.8 Å². The first-order valence-electron chi connectivity index (χ1n) is 6.01. The second kappa shape index (κ2) is 5.22. The molecule has 1 aliphatic rings. The number of nitrogens with two attached hydrogens (primary N) is 1. The third-order valence-corrected chi connectivity index (χ3v) is 3.01. The predicted molar refractivity (Wildman–Crippen MR) is 71.8 cm³/mol. The van der Waals surface area contributed by atoms with Gasteiger partial charge in [0.1, 0.15) is 5.82 Å². The molecular weight excluding hydrogens is 247 g/mol. The first kappa shape index (κ1) is 13.3. The number of hydrogen-bond acceptors (Lipinski definition) is 3. The molecule has 2 rings (SSSR count). The molecule has 0 saturated heterocycles. The van der Waals surface area contributed by atoms with Crippen molar-refractivity contribution >= 4 is 17.8 Å². The zero-order chi connectivity index (χ0) is 14.0. The predicted octanol–water partition coefficient (Wildman–Crippen LogP) is 2.37. The smallest absolute Gasteiger partial charge is 0.338 e. The summed E-state index contributed by atoms with van der Waals surface area (Å²) in [7, 11) is 0. The fraction of sp³-hybridized carbons (Fsp3) is 0.286. The highest BCUT2D eigenvalue weighted by atomic mass is 19.1. The fourth-order valence-electron chi connectivity index (χ4n) is 1.76. The summed E-state index contributed by atoms with van der Waals surface area (Å²) < 4.78 is 13.5. The molecule has 0 amide bonds. The molecule has 0 aromatic heterocycles. The summed E-state index contributed by atoms with van der Waals surface area (Å²) in [5.41, 5.74) is 7.01. The van der Waals surface area contributed by atoms with Gasteiger partial charge in [0, 0.05) is 18.0 Å². The standard InChI is InChI=1S/C14H15FN2O2/c1-8-4-13(15)12(14(18)19)5-11(8)9(6-16)7-17-10-2-3-10/h4-7,10H,2-3,16H2,1H3,(H,18,19)/b9-6+,17-7?. The number of aromatic carboxylic acids is 1. The van der Waals surface area contributed by atoms with Crippen LogP contribution in [0.5, 0.6) is 0 Å². The van der Waals surface area contributed by atoms with Gasteiger partial charge >= 0.3 is 5.97 Å². The Bertz CT molecular complexity index is 575. The maximum atomic E-state index is 13.5. The fourth-order valence-corrected chi connectivity index (χ4v) is 1.76. The molecule has 0 atom stereocenters. The van der Waals surface area contributed by atoms with Gasteiger partial charge < -0.3 is 10.8 Å². The molecule has 0 unspecified atom stereocenters. The van der Waals surface area contributed by atoms with Crippen molar-refractivity contribution in [3.05, 3.63) is 40.8 Å². The van der Waals surface area contributed by atoms with Gasteiger partial charge in [-0.3, -0.25) is 4.99 Å². The average molecular weight is 262 g/mol. The Balaban J connectivity index is 2.41. The summed E-state index contributed by atoms with van der Waals surface area (Å²) in [4.78, 5) is 15.3. The molecule has 1 aromatic rings. The minimum atomic E-state index is -1.30. The lowest BCUT2D eigenvalue weighted by Crippen LogP contribution is -2.04. The first-order chi connectivity index (χ1) is 9.02. The molecule has 1 aliphatic carbocycles. The van der Waals surface area contributed by atoms with Crippen molar-refractivity contribution in [3.63, 3.8) is 0 Å². The van der Waals surface area contributed by atoms with Gasteiger partial charge in [-0.1, -0.05) is 0 Å². The van der Waals surface area contributed by atoms with Crippen molar-refractivity contribution in [2.24, 2.45) is 10.7 Å². The number of rotatable bonds is 4. The summed E-state index contributed by atoms with van der Waals surface area (Å²) in [6.07, 6.45) is 5.12. The molecule has 0 aliphatic heterocycles. The van der Waals surface area contributed by atoms with Crippen LogP contribution in [0.4, 0.5) is 4.39 Å². The number of aryl methyl sites for hydroxylation is 1. The SMILES string of the molecule is Cc1cc(F)c(C(=O)O)cc1/C(C=NC1CC1)=C/N. The van der Waals surface area contributed by atoms with Gasteiger partial charge in [-0.25, -0.2) is 9.18 Å². The Hall–Kier alpha value is -2.17. The van der Waals surface area contributed by atoms with Gasteiger partial charge in [0.05, 0.1) is 11.6 Å². The van der Waals surface area contributed by atoms with Crippen molar-refractivity contribution in [2.45, 2.75) is 25.8 Å². The molecule has 0 radical (unpaired) electrons. The van der Waals surface area contributed by atoms with Crippen LogP contribution in [0.15, 0.2) is 23.3 Å². The quantitative estimate of drug-likeness (QED) is 0.818. The van der Waals surface area contributed by atoms with Crippen LogP contribution in [0.1, 0.15) is 34.3 Å². The molecule has 0 bridgehead atoms.